The van der Waals surface area contributed by atoms with Crippen molar-refractivity contribution in [3.63, 3.8) is 0 Å². The summed E-state index contributed by atoms with van der Waals surface area (Å²) in [5.41, 5.74) is 0.431. The number of carbonyl (C=O) groups excluding carboxylic acids is 2. The standard InChI is InChI=1S/C17H17N3O4/c1-12(21)19-8-9-20-17(22)16-7-6-14(24-16)11-23-15-5-3-2-4-13(15)10-18/h2-7H,8-9,11H2,1H3,(H,19,21)(H,20,22). The van der Waals surface area contributed by atoms with Gasteiger partial charge in [-0.25, -0.2) is 0 Å². The van der Waals surface area contributed by atoms with E-state index < -0.39 is 0 Å². The Bertz CT molecular complexity index is 761. The van der Waals surface area contributed by atoms with Gasteiger partial charge in [0.05, 0.1) is 5.56 Å². The predicted octanol–water partition coefficient (Wildman–Crippen LogP) is 1.60. The minimum Gasteiger partial charge on any atom is -0.484 e. The molecule has 24 heavy (non-hydrogen) atoms. The van der Waals surface area contributed by atoms with Crippen molar-refractivity contribution in [3.8, 4) is 11.8 Å². The van der Waals surface area contributed by atoms with Crippen LogP contribution in [0.25, 0.3) is 0 Å². The highest BCUT2D eigenvalue weighted by atomic mass is 16.5. The molecule has 0 saturated carbocycles. The summed E-state index contributed by atoms with van der Waals surface area (Å²) in [5, 5.41) is 14.2. The van der Waals surface area contributed by atoms with Crippen molar-refractivity contribution in [3.05, 3.63) is 53.5 Å². The van der Waals surface area contributed by atoms with Crippen molar-refractivity contribution < 1.29 is 18.7 Å². The van der Waals surface area contributed by atoms with Gasteiger partial charge in [-0.15, -0.1) is 0 Å². The third-order valence-corrected chi connectivity index (χ3v) is 3.05. The molecule has 0 bridgehead atoms. The van der Waals surface area contributed by atoms with Gasteiger partial charge in [0.2, 0.25) is 5.91 Å². The van der Waals surface area contributed by atoms with Gasteiger partial charge in [0.25, 0.3) is 5.91 Å². The third-order valence-electron chi connectivity index (χ3n) is 3.05. The number of amides is 2. The molecule has 0 radical (unpaired) electrons. The highest BCUT2D eigenvalue weighted by Gasteiger charge is 2.11. The average molecular weight is 327 g/mol. The highest BCUT2D eigenvalue weighted by Crippen LogP contribution is 2.19. The summed E-state index contributed by atoms with van der Waals surface area (Å²) in [4.78, 5) is 22.6. The third kappa shape index (κ3) is 4.88. The molecule has 0 fully saturated rings. The van der Waals surface area contributed by atoms with Crippen molar-refractivity contribution in [1.29, 1.82) is 5.26 Å². The number of benzene rings is 1. The molecule has 0 atom stereocenters. The zero-order valence-corrected chi connectivity index (χ0v) is 13.2. The number of rotatable bonds is 7. The Labute approximate surface area is 139 Å². The quantitative estimate of drug-likeness (QED) is 0.752. The average Bonchev–Trinajstić information content (AvgIpc) is 3.06. The Morgan fingerprint density at radius 3 is 2.67 bits per heavy atom. The van der Waals surface area contributed by atoms with Crippen LogP contribution >= 0.6 is 0 Å². The molecular formula is C17H17N3O4. The van der Waals surface area contributed by atoms with Crippen molar-refractivity contribution in [2.24, 2.45) is 0 Å². The molecule has 2 aromatic rings. The summed E-state index contributed by atoms with van der Waals surface area (Å²) in [6.45, 7) is 2.17. The highest BCUT2D eigenvalue weighted by molar-refractivity contribution is 5.91. The maximum Gasteiger partial charge on any atom is 0.287 e. The molecule has 1 aromatic heterocycles. The van der Waals surface area contributed by atoms with Gasteiger partial charge in [-0.3, -0.25) is 9.59 Å². The van der Waals surface area contributed by atoms with Crippen molar-refractivity contribution in [2.75, 3.05) is 13.1 Å². The van der Waals surface area contributed by atoms with Crippen LogP contribution < -0.4 is 15.4 Å². The summed E-state index contributed by atoms with van der Waals surface area (Å²) in [7, 11) is 0. The van der Waals surface area contributed by atoms with Crippen LogP contribution in [0.1, 0.15) is 28.8 Å². The van der Waals surface area contributed by atoms with Crippen LogP contribution in [0.4, 0.5) is 0 Å². The Morgan fingerprint density at radius 1 is 1.17 bits per heavy atom. The molecule has 2 N–H and O–H groups in total. The molecule has 0 aliphatic carbocycles. The molecular weight excluding hydrogens is 310 g/mol. The van der Waals surface area contributed by atoms with Gasteiger partial charge in [-0.2, -0.15) is 5.26 Å². The lowest BCUT2D eigenvalue weighted by molar-refractivity contribution is -0.118. The molecule has 2 amide bonds. The van der Waals surface area contributed by atoms with E-state index in [1.165, 1.54) is 6.92 Å². The van der Waals surface area contributed by atoms with Crippen molar-refractivity contribution in [1.82, 2.24) is 10.6 Å². The summed E-state index contributed by atoms with van der Waals surface area (Å²) >= 11 is 0. The number of nitrogens with zero attached hydrogens (tertiary/aromatic N) is 1. The van der Waals surface area contributed by atoms with Gasteiger partial charge < -0.3 is 19.8 Å². The second-order valence-electron chi connectivity index (χ2n) is 4.90. The number of furan rings is 1. The predicted molar refractivity (Wildman–Crippen MR) is 85.2 cm³/mol. The van der Waals surface area contributed by atoms with Crippen LogP contribution in [0.5, 0.6) is 5.75 Å². The van der Waals surface area contributed by atoms with Crippen LogP contribution in [-0.4, -0.2) is 24.9 Å². The van der Waals surface area contributed by atoms with E-state index in [4.69, 9.17) is 14.4 Å². The number of nitriles is 1. The Balaban J connectivity index is 1.85. The van der Waals surface area contributed by atoms with Crippen LogP contribution in [0.2, 0.25) is 0 Å². The first kappa shape index (κ1) is 17.1. The van der Waals surface area contributed by atoms with Crippen molar-refractivity contribution in [2.45, 2.75) is 13.5 Å². The summed E-state index contributed by atoms with van der Waals surface area (Å²) in [6.07, 6.45) is 0. The van der Waals surface area contributed by atoms with E-state index in [9.17, 15) is 9.59 Å². The van der Waals surface area contributed by atoms with E-state index in [2.05, 4.69) is 10.6 Å². The Hall–Kier alpha value is -3.27. The molecule has 7 nitrogen and oxygen atoms in total. The maximum absolute atomic E-state index is 11.9. The molecule has 0 spiro atoms. The van der Waals surface area contributed by atoms with Crippen LogP contribution in [0.15, 0.2) is 40.8 Å². The molecule has 1 aromatic carbocycles. The fourth-order valence-electron chi connectivity index (χ4n) is 1.91. The second-order valence-corrected chi connectivity index (χ2v) is 4.90. The zero-order valence-electron chi connectivity index (χ0n) is 13.2. The molecule has 7 heteroatoms. The molecule has 0 aliphatic rings. The van der Waals surface area contributed by atoms with Gasteiger partial charge in [-0.05, 0) is 24.3 Å². The number of para-hydroxylation sites is 1. The molecule has 0 aliphatic heterocycles. The molecule has 0 unspecified atom stereocenters. The molecule has 1 heterocycles. The fraction of sp³-hybridized carbons (Fsp3) is 0.235. The van der Waals surface area contributed by atoms with Crippen LogP contribution in [-0.2, 0) is 11.4 Å². The summed E-state index contributed by atoms with van der Waals surface area (Å²) in [6, 6.07) is 12.1. The normalized spacial score (nSPS) is 9.83. The second kappa shape index (κ2) is 8.39. The first-order valence-corrected chi connectivity index (χ1v) is 7.33. The summed E-state index contributed by atoms with van der Waals surface area (Å²) in [5.74, 6) is 0.556. The van der Waals surface area contributed by atoms with Crippen LogP contribution in [0, 0.1) is 11.3 Å². The van der Waals surface area contributed by atoms with Gasteiger partial charge in [0.1, 0.15) is 24.2 Å². The van der Waals surface area contributed by atoms with Gasteiger partial charge >= 0.3 is 0 Å². The number of nitrogens with one attached hydrogen (secondary N) is 2. The lowest BCUT2D eigenvalue weighted by Crippen LogP contribution is -2.33. The molecule has 2 rings (SSSR count). The monoisotopic (exact) mass is 327 g/mol. The van der Waals surface area contributed by atoms with Crippen LogP contribution in [0.3, 0.4) is 0 Å². The Kier molecular flexibility index (Phi) is 5.97. The zero-order chi connectivity index (χ0) is 17.4. The van der Waals surface area contributed by atoms with E-state index in [1.54, 1.807) is 36.4 Å². The Morgan fingerprint density at radius 2 is 1.92 bits per heavy atom. The minimum atomic E-state index is -0.371. The number of hydrogen-bond donors (Lipinski definition) is 2. The van der Waals surface area contributed by atoms with E-state index in [1.807, 2.05) is 6.07 Å². The van der Waals surface area contributed by atoms with E-state index in [-0.39, 0.29) is 24.2 Å². The van der Waals surface area contributed by atoms with E-state index in [0.29, 0.717) is 30.2 Å². The summed E-state index contributed by atoms with van der Waals surface area (Å²) < 4.78 is 10.9. The molecule has 124 valence electrons. The lowest BCUT2D eigenvalue weighted by Gasteiger charge is -2.06. The number of carbonyl (C=O) groups is 2. The molecule has 0 saturated heterocycles. The number of ether oxygens (including phenoxy) is 1. The topological polar surface area (TPSA) is 104 Å². The SMILES string of the molecule is CC(=O)NCCNC(=O)c1ccc(COc2ccccc2C#N)o1. The lowest BCUT2D eigenvalue weighted by atomic mass is 10.2. The van der Waals surface area contributed by atoms with Gasteiger partial charge in [-0.1, -0.05) is 12.1 Å². The number of hydrogen-bond acceptors (Lipinski definition) is 5. The smallest absolute Gasteiger partial charge is 0.287 e. The van der Waals surface area contributed by atoms with Crippen molar-refractivity contribution >= 4 is 11.8 Å². The van der Waals surface area contributed by atoms with E-state index in [0.717, 1.165) is 0 Å². The first-order chi connectivity index (χ1) is 11.6. The van der Waals surface area contributed by atoms with Gasteiger partial charge in [0.15, 0.2) is 5.76 Å². The first-order valence-electron chi connectivity index (χ1n) is 7.33. The fourth-order valence-corrected chi connectivity index (χ4v) is 1.91. The van der Waals surface area contributed by atoms with Gasteiger partial charge in [0, 0.05) is 20.0 Å². The maximum atomic E-state index is 11.9. The van der Waals surface area contributed by atoms with E-state index >= 15 is 0 Å². The largest absolute Gasteiger partial charge is 0.484 e. The minimum absolute atomic E-state index is 0.109.